The Labute approximate surface area is 229 Å². The van der Waals surface area contributed by atoms with Gasteiger partial charge < -0.3 is 23.7 Å². The van der Waals surface area contributed by atoms with Crippen molar-refractivity contribution in [2.75, 3.05) is 13.2 Å². The lowest BCUT2D eigenvalue weighted by atomic mass is 9.96. The molecule has 0 aliphatic carbocycles. The Morgan fingerprint density at radius 3 is 1.77 bits per heavy atom. The van der Waals surface area contributed by atoms with Gasteiger partial charge in [0.15, 0.2) is 6.10 Å². The Hall–Kier alpha value is -3.40. The molecule has 8 heteroatoms. The molecule has 0 radical (unpaired) electrons. The number of nitro groups is 1. The van der Waals surface area contributed by atoms with Crippen LogP contribution in [-0.4, -0.2) is 48.8 Å². The molecule has 3 aromatic carbocycles. The summed E-state index contributed by atoms with van der Waals surface area (Å²) in [5.41, 5.74) is 3.55. The van der Waals surface area contributed by atoms with Crippen LogP contribution in [0.15, 0.2) is 103 Å². The highest BCUT2D eigenvalue weighted by Crippen LogP contribution is 2.31. The average Bonchev–Trinajstić information content (AvgIpc) is 2.95. The summed E-state index contributed by atoms with van der Waals surface area (Å²) in [6.07, 6.45) is -3.59. The molecule has 0 bridgehead atoms. The lowest BCUT2D eigenvalue weighted by Crippen LogP contribution is -2.63. The van der Waals surface area contributed by atoms with Crippen molar-refractivity contribution in [3.63, 3.8) is 0 Å². The largest absolute Gasteiger partial charge is 0.374 e. The van der Waals surface area contributed by atoms with E-state index in [9.17, 15) is 10.1 Å². The molecular weight excluding hydrogens is 498 g/mol. The smallest absolute Gasteiger partial charge is 0.291 e. The zero-order valence-electron chi connectivity index (χ0n) is 22.1. The van der Waals surface area contributed by atoms with Crippen molar-refractivity contribution in [2.24, 2.45) is 0 Å². The molecule has 206 valence electrons. The van der Waals surface area contributed by atoms with Crippen molar-refractivity contribution in [3.8, 4) is 0 Å². The molecule has 0 spiro atoms. The molecular formula is C31H35NO7. The first kappa shape index (κ1) is 28.6. The highest BCUT2D eigenvalue weighted by Gasteiger charge is 2.54. The van der Waals surface area contributed by atoms with E-state index in [4.69, 9.17) is 23.7 Å². The monoisotopic (exact) mass is 533 g/mol. The van der Waals surface area contributed by atoms with Gasteiger partial charge in [-0.1, -0.05) is 103 Å². The molecule has 5 atom stereocenters. The summed E-state index contributed by atoms with van der Waals surface area (Å²) in [6.45, 7) is 6.66. The van der Waals surface area contributed by atoms with Crippen molar-refractivity contribution in [2.45, 2.75) is 57.4 Å². The molecule has 8 nitrogen and oxygen atoms in total. The molecule has 1 saturated heterocycles. The van der Waals surface area contributed by atoms with Gasteiger partial charge in [-0.25, -0.2) is 0 Å². The van der Waals surface area contributed by atoms with Crippen molar-refractivity contribution >= 4 is 0 Å². The van der Waals surface area contributed by atoms with Gasteiger partial charge in [-0.2, -0.15) is 0 Å². The van der Waals surface area contributed by atoms with Crippen LogP contribution < -0.4 is 0 Å². The molecule has 0 amide bonds. The molecule has 1 unspecified atom stereocenters. The third-order valence-electron chi connectivity index (χ3n) is 6.32. The van der Waals surface area contributed by atoms with Gasteiger partial charge in [-0.3, -0.25) is 10.1 Å². The molecule has 4 rings (SSSR count). The van der Waals surface area contributed by atoms with Crippen LogP contribution in [0.25, 0.3) is 0 Å². The van der Waals surface area contributed by atoms with Crippen LogP contribution in [0.5, 0.6) is 0 Å². The normalized spacial score (nSPS) is 22.8. The highest BCUT2D eigenvalue weighted by atomic mass is 16.7. The van der Waals surface area contributed by atoms with Gasteiger partial charge in [-0.05, 0) is 23.6 Å². The van der Waals surface area contributed by atoms with Crippen molar-refractivity contribution < 1.29 is 28.6 Å². The zero-order valence-corrected chi connectivity index (χ0v) is 22.1. The molecule has 0 saturated carbocycles. The second-order valence-corrected chi connectivity index (χ2v) is 9.61. The fourth-order valence-corrected chi connectivity index (χ4v) is 4.40. The Bertz CT molecular complexity index is 1160. The maximum atomic E-state index is 12.4. The van der Waals surface area contributed by atoms with Gasteiger partial charge in [0.1, 0.15) is 12.2 Å². The molecule has 0 aromatic heterocycles. The van der Waals surface area contributed by atoms with Crippen LogP contribution in [-0.2, 0) is 43.5 Å². The molecule has 1 fully saturated rings. The van der Waals surface area contributed by atoms with Crippen molar-refractivity contribution in [1.82, 2.24) is 0 Å². The van der Waals surface area contributed by atoms with E-state index in [2.05, 4.69) is 6.58 Å². The van der Waals surface area contributed by atoms with Crippen LogP contribution in [0.3, 0.4) is 0 Å². The van der Waals surface area contributed by atoms with Gasteiger partial charge in [0.05, 0.1) is 33.0 Å². The zero-order chi connectivity index (χ0) is 27.5. The number of benzene rings is 3. The highest BCUT2D eigenvalue weighted by molar-refractivity contribution is 5.15. The van der Waals surface area contributed by atoms with Gasteiger partial charge in [0.2, 0.25) is 6.29 Å². The minimum atomic E-state index is -1.32. The van der Waals surface area contributed by atoms with Gasteiger partial charge in [-0.15, -0.1) is 0 Å². The van der Waals surface area contributed by atoms with Crippen molar-refractivity contribution in [3.05, 3.63) is 130 Å². The fraction of sp³-hybridized carbons (Fsp3) is 0.355. The van der Waals surface area contributed by atoms with E-state index >= 15 is 0 Å². The Kier molecular flexibility index (Phi) is 10.8. The summed E-state index contributed by atoms with van der Waals surface area (Å²) in [7, 11) is 0. The van der Waals surface area contributed by atoms with E-state index in [1.165, 1.54) is 0 Å². The van der Waals surface area contributed by atoms with Crippen LogP contribution in [0, 0.1) is 10.1 Å². The van der Waals surface area contributed by atoms with Crippen LogP contribution >= 0.6 is 0 Å². The van der Waals surface area contributed by atoms with E-state index in [1.54, 1.807) is 6.92 Å². The maximum Gasteiger partial charge on any atom is 0.291 e. The van der Waals surface area contributed by atoms with Gasteiger partial charge in [0, 0.05) is 4.92 Å². The van der Waals surface area contributed by atoms with E-state index in [-0.39, 0.29) is 26.4 Å². The van der Waals surface area contributed by atoms with Crippen LogP contribution in [0.4, 0.5) is 0 Å². The third-order valence-corrected chi connectivity index (χ3v) is 6.32. The lowest BCUT2D eigenvalue weighted by molar-refractivity contribution is -0.576. The lowest BCUT2D eigenvalue weighted by Gasteiger charge is -2.42. The number of hydrogen-bond acceptors (Lipinski definition) is 7. The third kappa shape index (κ3) is 8.54. The first-order valence-electron chi connectivity index (χ1n) is 13.0. The Balaban J connectivity index is 1.59. The topological polar surface area (TPSA) is 89.3 Å². The number of nitrogens with zero attached hydrogens (tertiary/aromatic N) is 1. The van der Waals surface area contributed by atoms with Crippen LogP contribution in [0.1, 0.15) is 23.6 Å². The predicted molar refractivity (Wildman–Crippen MR) is 146 cm³/mol. The summed E-state index contributed by atoms with van der Waals surface area (Å²) < 4.78 is 30.7. The summed E-state index contributed by atoms with van der Waals surface area (Å²) >= 11 is 0. The maximum absolute atomic E-state index is 12.4. The predicted octanol–water partition coefficient (Wildman–Crippen LogP) is 5.34. The summed E-state index contributed by atoms with van der Waals surface area (Å²) in [5, 5.41) is 12.4. The minimum Gasteiger partial charge on any atom is -0.374 e. The van der Waals surface area contributed by atoms with Crippen molar-refractivity contribution in [1.29, 1.82) is 0 Å². The average molecular weight is 534 g/mol. The second kappa shape index (κ2) is 14.7. The van der Waals surface area contributed by atoms with E-state index < -0.39 is 35.6 Å². The first-order chi connectivity index (χ1) is 19.0. The molecule has 0 N–H and O–H groups in total. The standard InChI is InChI=1S/C31H35NO7/c1-23(2)18-38-31-28(32(33)34)30(37-21-26-16-10-5-11-17-26)29(36-20-25-14-8-4-9-15-25)27(39-31)22-35-19-24-12-6-3-7-13-24/h3-17,27-31H,1,18-22H2,2H3/t27-,28-,29+,30-,31?/m1/s1. The minimum absolute atomic E-state index is 0.119. The summed E-state index contributed by atoms with van der Waals surface area (Å²) in [6, 6.07) is 27.6. The van der Waals surface area contributed by atoms with Crippen LogP contribution in [0.2, 0.25) is 0 Å². The summed E-state index contributed by atoms with van der Waals surface area (Å²) in [5.74, 6) is 0. The van der Waals surface area contributed by atoms with E-state index in [0.29, 0.717) is 6.61 Å². The van der Waals surface area contributed by atoms with E-state index in [1.807, 2.05) is 91.0 Å². The molecule has 1 aliphatic rings. The molecule has 3 aromatic rings. The Morgan fingerprint density at radius 2 is 1.28 bits per heavy atom. The number of rotatable bonds is 14. The number of ether oxygens (including phenoxy) is 5. The SMILES string of the molecule is C=C(C)COC1O[C@H](COCc2ccccc2)[C@H](OCc2ccccc2)[C@H](OCc2ccccc2)[C@H]1[N+](=O)[O-]. The molecule has 1 aliphatic heterocycles. The second-order valence-electron chi connectivity index (χ2n) is 9.61. The molecule has 39 heavy (non-hydrogen) atoms. The van der Waals surface area contributed by atoms with E-state index in [0.717, 1.165) is 22.3 Å². The van der Waals surface area contributed by atoms with Gasteiger partial charge >= 0.3 is 0 Å². The Morgan fingerprint density at radius 1 is 0.795 bits per heavy atom. The first-order valence-corrected chi connectivity index (χ1v) is 13.0. The number of hydrogen-bond donors (Lipinski definition) is 0. The quantitative estimate of drug-likeness (QED) is 0.157. The molecule has 1 heterocycles. The summed E-state index contributed by atoms with van der Waals surface area (Å²) in [4.78, 5) is 12.0. The fourth-order valence-electron chi connectivity index (χ4n) is 4.40. The van der Waals surface area contributed by atoms with Gasteiger partial charge in [0.25, 0.3) is 6.04 Å².